The molecule has 1 heterocycles. The molecule has 9 heteroatoms. The summed E-state index contributed by atoms with van der Waals surface area (Å²) in [7, 11) is 1.56. The molecular formula is C29H39FN4O4. The van der Waals surface area contributed by atoms with Crippen LogP contribution in [0.15, 0.2) is 48.5 Å². The highest BCUT2D eigenvalue weighted by Gasteiger charge is 2.29. The van der Waals surface area contributed by atoms with Gasteiger partial charge in [0.1, 0.15) is 29.8 Å². The lowest BCUT2D eigenvalue weighted by Gasteiger charge is -2.30. The van der Waals surface area contributed by atoms with Gasteiger partial charge >= 0.3 is 0 Å². The Hall–Kier alpha value is -3.46. The number of halogens is 1. The third-order valence-corrected chi connectivity index (χ3v) is 7.04. The molecule has 1 aliphatic rings. The second kappa shape index (κ2) is 12.9. The van der Waals surface area contributed by atoms with Gasteiger partial charge < -0.3 is 25.6 Å². The van der Waals surface area contributed by atoms with Gasteiger partial charge in [-0.3, -0.25) is 14.4 Å². The third-order valence-electron chi connectivity index (χ3n) is 7.04. The van der Waals surface area contributed by atoms with Gasteiger partial charge in [0.15, 0.2) is 0 Å². The molecule has 1 aliphatic heterocycles. The molecule has 0 unspecified atom stereocenters. The van der Waals surface area contributed by atoms with E-state index in [0.717, 1.165) is 11.3 Å². The van der Waals surface area contributed by atoms with E-state index in [0.29, 0.717) is 25.1 Å². The molecule has 3 rings (SSSR count). The van der Waals surface area contributed by atoms with Crippen LogP contribution in [-0.4, -0.2) is 67.5 Å². The number of carbonyl (C=O) groups excluding carboxylic acids is 3. The molecule has 0 saturated heterocycles. The fraction of sp³-hybridized carbons (Fsp3) is 0.483. The number of likely N-dealkylation sites (N-methyl/N-ethyl adjacent to an activating group) is 1. The quantitative estimate of drug-likeness (QED) is 0.559. The van der Waals surface area contributed by atoms with Gasteiger partial charge in [0.05, 0.1) is 6.54 Å². The van der Waals surface area contributed by atoms with Crippen molar-refractivity contribution in [2.24, 2.45) is 0 Å². The van der Waals surface area contributed by atoms with Crippen molar-refractivity contribution in [3.63, 3.8) is 0 Å². The van der Waals surface area contributed by atoms with E-state index in [4.69, 9.17) is 4.74 Å². The van der Waals surface area contributed by atoms with Crippen molar-refractivity contribution in [1.82, 2.24) is 20.9 Å². The molecule has 8 nitrogen and oxygen atoms in total. The number of benzene rings is 2. The van der Waals surface area contributed by atoms with Crippen LogP contribution in [0.4, 0.5) is 4.39 Å². The van der Waals surface area contributed by atoms with Crippen molar-refractivity contribution in [3.05, 3.63) is 65.5 Å². The zero-order chi connectivity index (χ0) is 27.9. The molecular weight excluding hydrogens is 487 g/mol. The van der Waals surface area contributed by atoms with E-state index in [2.05, 4.69) is 29.8 Å². The number of hydrogen-bond acceptors (Lipinski definition) is 5. The summed E-state index contributed by atoms with van der Waals surface area (Å²) in [5, 5.41) is 8.88. The monoisotopic (exact) mass is 526 g/mol. The molecule has 38 heavy (non-hydrogen) atoms. The first-order valence-corrected chi connectivity index (χ1v) is 13.0. The minimum Gasteiger partial charge on any atom is -0.489 e. The van der Waals surface area contributed by atoms with E-state index < -0.39 is 18.0 Å². The van der Waals surface area contributed by atoms with Crippen LogP contribution in [0.5, 0.6) is 5.75 Å². The third kappa shape index (κ3) is 7.77. The summed E-state index contributed by atoms with van der Waals surface area (Å²) in [4.78, 5) is 40.4. The summed E-state index contributed by atoms with van der Waals surface area (Å²) in [6.45, 7) is 8.59. The summed E-state index contributed by atoms with van der Waals surface area (Å²) in [6, 6.07) is 12.0. The van der Waals surface area contributed by atoms with Crippen LogP contribution in [0.3, 0.4) is 0 Å². The highest BCUT2D eigenvalue weighted by atomic mass is 19.1. The normalized spacial score (nSPS) is 23.8. The van der Waals surface area contributed by atoms with Gasteiger partial charge in [-0.15, -0.1) is 0 Å². The number of fused-ring (bicyclic) bond motifs is 1. The van der Waals surface area contributed by atoms with Crippen LogP contribution >= 0.6 is 0 Å². The topological polar surface area (TPSA) is 99.8 Å². The minimum absolute atomic E-state index is 0.0362. The van der Waals surface area contributed by atoms with Crippen molar-refractivity contribution in [2.45, 2.75) is 64.1 Å². The molecule has 2 aromatic rings. The minimum atomic E-state index is -0.893. The predicted molar refractivity (Wildman–Crippen MR) is 144 cm³/mol. The summed E-state index contributed by atoms with van der Waals surface area (Å²) in [5.41, 5.74) is 1.41. The van der Waals surface area contributed by atoms with Crippen LogP contribution in [0.2, 0.25) is 0 Å². The Labute approximate surface area is 224 Å². The molecule has 3 amide bonds. The van der Waals surface area contributed by atoms with E-state index in [1.54, 1.807) is 26.1 Å². The lowest BCUT2D eigenvalue weighted by Crippen LogP contribution is -2.55. The van der Waals surface area contributed by atoms with Gasteiger partial charge in [-0.1, -0.05) is 44.2 Å². The van der Waals surface area contributed by atoms with Crippen molar-refractivity contribution >= 4 is 17.7 Å². The summed E-state index contributed by atoms with van der Waals surface area (Å²) >= 11 is 0. The van der Waals surface area contributed by atoms with Gasteiger partial charge in [-0.2, -0.15) is 0 Å². The Kier molecular flexibility index (Phi) is 9.85. The Bertz CT molecular complexity index is 1120. The van der Waals surface area contributed by atoms with E-state index in [1.807, 2.05) is 31.2 Å². The molecule has 3 atom stereocenters. The number of carbonyl (C=O) groups is 3. The molecule has 0 radical (unpaired) electrons. The lowest BCUT2D eigenvalue weighted by atomic mass is 9.81. The molecule has 2 aromatic carbocycles. The standard InChI is InChI=1S/C29H39FN4O4/c1-19-17-31-18-26(35)34(5)20(2)27(36)33-24(16-21-10-12-22(30)13-11-21)28(37)32-15-14-29(3,4)23-8-6-7-9-25(23)38-19/h6-13,19-20,24,31H,14-18H2,1-5H3,(H,32,37)(H,33,36)/t19-,20-,24-/m1/s1. The first-order chi connectivity index (χ1) is 18.0. The molecule has 0 saturated carbocycles. The van der Waals surface area contributed by atoms with E-state index in [1.165, 1.54) is 17.0 Å². The van der Waals surface area contributed by atoms with Crippen molar-refractivity contribution in [2.75, 3.05) is 26.7 Å². The Morgan fingerprint density at radius 2 is 1.71 bits per heavy atom. The number of nitrogens with one attached hydrogen (secondary N) is 3. The molecule has 0 aromatic heterocycles. The number of para-hydroxylation sites is 1. The second-order valence-corrected chi connectivity index (χ2v) is 10.6. The molecule has 0 spiro atoms. The van der Waals surface area contributed by atoms with Gasteiger partial charge in [-0.05, 0) is 55.0 Å². The number of nitrogens with zero attached hydrogens (tertiary/aromatic N) is 1. The molecule has 206 valence electrons. The zero-order valence-electron chi connectivity index (χ0n) is 22.8. The van der Waals surface area contributed by atoms with E-state index in [-0.39, 0.29) is 42.1 Å². The van der Waals surface area contributed by atoms with Gasteiger partial charge in [0, 0.05) is 26.6 Å². The average molecular weight is 527 g/mol. The first kappa shape index (κ1) is 29.1. The summed E-state index contributed by atoms with van der Waals surface area (Å²) in [5.74, 6) is -0.675. The number of hydrogen-bond donors (Lipinski definition) is 3. The van der Waals surface area contributed by atoms with E-state index >= 15 is 0 Å². The second-order valence-electron chi connectivity index (χ2n) is 10.6. The summed E-state index contributed by atoms with van der Waals surface area (Å²) < 4.78 is 19.6. The molecule has 0 aliphatic carbocycles. The van der Waals surface area contributed by atoms with Crippen LogP contribution < -0.4 is 20.7 Å². The average Bonchev–Trinajstić information content (AvgIpc) is 2.88. The Balaban J connectivity index is 1.86. The fourth-order valence-electron chi connectivity index (χ4n) is 4.40. The maximum Gasteiger partial charge on any atom is 0.243 e. The maximum atomic E-state index is 13.4. The van der Waals surface area contributed by atoms with Crippen molar-refractivity contribution in [3.8, 4) is 5.75 Å². The number of rotatable bonds is 2. The number of amides is 3. The van der Waals surface area contributed by atoms with Crippen LogP contribution in [-0.2, 0) is 26.2 Å². The largest absolute Gasteiger partial charge is 0.489 e. The zero-order valence-corrected chi connectivity index (χ0v) is 22.8. The maximum absolute atomic E-state index is 13.4. The highest BCUT2D eigenvalue weighted by molar-refractivity contribution is 5.92. The van der Waals surface area contributed by atoms with Crippen LogP contribution in [0.25, 0.3) is 0 Å². The molecule has 0 fully saturated rings. The fourth-order valence-corrected chi connectivity index (χ4v) is 4.40. The number of ether oxygens (including phenoxy) is 1. The predicted octanol–water partition coefficient (Wildman–Crippen LogP) is 2.55. The van der Waals surface area contributed by atoms with Gasteiger partial charge in [0.25, 0.3) is 0 Å². The molecule has 0 bridgehead atoms. The van der Waals surface area contributed by atoms with Crippen molar-refractivity contribution in [1.29, 1.82) is 0 Å². The summed E-state index contributed by atoms with van der Waals surface area (Å²) in [6.07, 6.45) is 0.620. The highest BCUT2D eigenvalue weighted by Crippen LogP contribution is 2.34. The van der Waals surface area contributed by atoms with Crippen molar-refractivity contribution < 1.29 is 23.5 Å². The van der Waals surface area contributed by atoms with Crippen LogP contribution in [0.1, 0.15) is 45.2 Å². The smallest absolute Gasteiger partial charge is 0.243 e. The SMILES string of the molecule is C[C@@H]1CNCC(=O)N(C)[C@H](C)C(=O)N[C@H](Cc2ccc(F)cc2)C(=O)NCCC(C)(C)c2ccccc2O1. The Morgan fingerprint density at radius 1 is 1.03 bits per heavy atom. The van der Waals surface area contributed by atoms with Gasteiger partial charge in [-0.25, -0.2) is 4.39 Å². The molecule has 3 N–H and O–H groups in total. The lowest BCUT2D eigenvalue weighted by molar-refractivity contribution is -0.138. The van der Waals surface area contributed by atoms with Crippen LogP contribution in [0, 0.1) is 5.82 Å². The first-order valence-electron chi connectivity index (χ1n) is 13.0. The van der Waals surface area contributed by atoms with E-state index in [9.17, 15) is 18.8 Å². The van der Waals surface area contributed by atoms with Gasteiger partial charge in [0.2, 0.25) is 17.7 Å². The Morgan fingerprint density at radius 3 is 2.42 bits per heavy atom.